The lowest BCUT2D eigenvalue weighted by Gasteiger charge is -2.12. The smallest absolute Gasteiger partial charge is 0.416 e. The summed E-state index contributed by atoms with van der Waals surface area (Å²) in [6.07, 6.45) is -1.63. The zero-order valence-electron chi connectivity index (χ0n) is 14.1. The zero-order chi connectivity index (χ0) is 19.4. The molecule has 0 saturated heterocycles. The second-order valence-electron chi connectivity index (χ2n) is 5.67. The third-order valence-electron chi connectivity index (χ3n) is 3.87. The Bertz CT molecular complexity index is 983. The van der Waals surface area contributed by atoms with Crippen molar-refractivity contribution in [1.29, 1.82) is 0 Å². The average Bonchev–Trinajstić information content (AvgIpc) is 2.66. The summed E-state index contributed by atoms with van der Waals surface area (Å²) >= 11 is 0. The molecule has 1 heterocycles. The molecule has 0 fully saturated rings. The van der Waals surface area contributed by atoms with Crippen LogP contribution in [-0.2, 0) is 17.5 Å². The summed E-state index contributed by atoms with van der Waals surface area (Å²) in [7, 11) is 0. The molecule has 0 atom stereocenters. The molecule has 3 aromatic rings. The molecule has 2 aromatic carbocycles. The van der Waals surface area contributed by atoms with Gasteiger partial charge in [0.1, 0.15) is 11.3 Å². The number of nitrogens with zero attached hydrogens (tertiary/aromatic N) is 1. The first-order chi connectivity index (χ1) is 12.9. The fourth-order valence-electron chi connectivity index (χ4n) is 2.54. The molecule has 0 radical (unpaired) electrons. The van der Waals surface area contributed by atoms with Crippen LogP contribution in [0.5, 0.6) is 11.5 Å². The third-order valence-corrected chi connectivity index (χ3v) is 3.87. The maximum absolute atomic E-state index is 12.7. The van der Waals surface area contributed by atoms with Gasteiger partial charge in [-0.25, -0.2) is 0 Å². The lowest BCUT2D eigenvalue weighted by atomic mass is 10.1. The molecular weight excluding hydrogens is 357 g/mol. The molecule has 1 amide bonds. The van der Waals surface area contributed by atoms with Crippen LogP contribution in [-0.4, -0.2) is 10.9 Å². The number of pyridine rings is 1. The molecule has 7 heteroatoms. The highest BCUT2D eigenvalue weighted by molar-refractivity contribution is 5.89. The van der Waals surface area contributed by atoms with E-state index in [9.17, 15) is 18.0 Å². The van der Waals surface area contributed by atoms with Gasteiger partial charge in [-0.2, -0.15) is 13.2 Å². The van der Waals surface area contributed by atoms with Gasteiger partial charge >= 0.3 is 6.18 Å². The number of halogens is 3. The van der Waals surface area contributed by atoms with Gasteiger partial charge in [0, 0.05) is 18.1 Å². The number of amides is 1. The Morgan fingerprint density at radius 1 is 1.15 bits per heavy atom. The van der Waals surface area contributed by atoms with Crippen LogP contribution in [0.25, 0.3) is 10.9 Å². The second-order valence-corrected chi connectivity index (χ2v) is 5.67. The molecule has 0 bridgehead atoms. The highest BCUT2D eigenvalue weighted by Crippen LogP contribution is 2.33. The largest absolute Gasteiger partial charge is 0.455 e. The molecule has 1 N–H and O–H groups in total. The average molecular weight is 372 g/mol. The van der Waals surface area contributed by atoms with Crippen molar-refractivity contribution in [3.05, 3.63) is 78.5 Å². The van der Waals surface area contributed by atoms with E-state index in [1.54, 1.807) is 24.4 Å². The minimum atomic E-state index is -4.40. The highest BCUT2D eigenvalue weighted by Gasteiger charge is 2.30. The van der Waals surface area contributed by atoms with E-state index in [2.05, 4.69) is 16.9 Å². The fraction of sp³-hybridized carbons (Fsp3) is 0.100. The predicted molar refractivity (Wildman–Crippen MR) is 95.3 cm³/mol. The Morgan fingerprint density at radius 2 is 1.89 bits per heavy atom. The summed E-state index contributed by atoms with van der Waals surface area (Å²) in [6.45, 7) is 3.69. The number of rotatable bonds is 5. The molecule has 0 aliphatic rings. The van der Waals surface area contributed by atoms with E-state index >= 15 is 0 Å². The van der Waals surface area contributed by atoms with Crippen molar-refractivity contribution in [2.45, 2.75) is 12.7 Å². The van der Waals surface area contributed by atoms with E-state index in [1.807, 2.05) is 6.07 Å². The van der Waals surface area contributed by atoms with Crippen LogP contribution < -0.4 is 10.1 Å². The number of alkyl halides is 3. The van der Waals surface area contributed by atoms with Crippen LogP contribution in [0.4, 0.5) is 13.2 Å². The lowest BCUT2D eigenvalue weighted by Crippen LogP contribution is -2.20. The van der Waals surface area contributed by atoms with Gasteiger partial charge in [0.25, 0.3) is 0 Å². The van der Waals surface area contributed by atoms with E-state index in [0.29, 0.717) is 11.3 Å². The zero-order valence-corrected chi connectivity index (χ0v) is 14.1. The fourth-order valence-corrected chi connectivity index (χ4v) is 2.54. The van der Waals surface area contributed by atoms with Crippen LogP contribution in [0, 0.1) is 0 Å². The molecule has 4 nitrogen and oxygen atoms in total. The Balaban J connectivity index is 1.89. The minimum absolute atomic E-state index is 0.266. The van der Waals surface area contributed by atoms with E-state index < -0.39 is 11.7 Å². The first kappa shape index (κ1) is 18.4. The van der Waals surface area contributed by atoms with Crippen LogP contribution in [0.2, 0.25) is 0 Å². The number of para-hydroxylation sites is 1. The van der Waals surface area contributed by atoms with Crippen molar-refractivity contribution >= 4 is 16.8 Å². The van der Waals surface area contributed by atoms with E-state index in [-0.39, 0.29) is 18.2 Å². The molecule has 0 spiro atoms. The van der Waals surface area contributed by atoms with Gasteiger partial charge in [0.05, 0.1) is 5.56 Å². The Labute approximate surface area is 153 Å². The molecule has 0 aliphatic heterocycles. The van der Waals surface area contributed by atoms with E-state index in [1.165, 1.54) is 18.2 Å². The maximum Gasteiger partial charge on any atom is 0.416 e. The van der Waals surface area contributed by atoms with Crippen LogP contribution in [0.1, 0.15) is 11.1 Å². The van der Waals surface area contributed by atoms with Gasteiger partial charge in [-0.05, 0) is 48.0 Å². The van der Waals surface area contributed by atoms with Crippen LogP contribution in [0.15, 0.2) is 67.4 Å². The number of nitrogens with one attached hydrogen (secondary N) is 1. The van der Waals surface area contributed by atoms with Crippen molar-refractivity contribution in [2.24, 2.45) is 0 Å². The summed E-state index contributed by atoms with van der Waals surface area (Å²) in [5.41, 5.74) is 0.627. The number of benzene rings is 2. The van der Waals surface area contributed by atoms with Gasteiger partial charge in [0.2, 0.25) is 5.91 Å². The molecule has 27 heavy (non-hydrogen) atoms. The molecule has 0 aliphatic carbocycles. The third kappa shape index (κ3) is 4.25. The standard InChI is InChI=1S/C20H15F3N2O2/c1-2-18(26)25-12-13-10-11-24-19-16(13)4-3-5-17(19)27-15-8-6-14(7-9-15)20(21,22)23/h2-11H,1,12H2,(H,25,26). The molecule has 0 saturated carbocycles. The molecule has 3 rings (SSSR count). The maximum atomic E-state index is 12.7. The molecule has 138 valence electrons. The minimum Gasteiger partial charge on any atom is -0.455 e. The SMILES string of the molecule is C=CC(=O)NCc1ccnc2c(Oc3ccc(C(F)(F)F)cc3)cccc12. The Morgan fingerprint density at radius 3 is 2.56 bits per heavy atom. The highest BCUT2D eigenvalue weighted by atomic mass is 19.4. The summed E-state index contributed by atoms with van der Waals surface area (Å²) in [5, 5.41) is 3.47. The van der Waals surface area contributed by atoms with Crippen molar-refractivity contribution in [3.8, 4) is 11.5 Å². The van der Waals surface area contributed by atoms with Gasteiger partial charge in [0.15, 0.2) is 5.75 Å². The lowest BCUT2D eigenvalue weighted by molar-refractivity contribution is -0.137. The molecular formula is C20H15F3N2O2. The Hall–Kier alpha value is -3.35. The number of fused-ring (bicyclic) bond motifs is 1. The molecule has 1 aromatic heterocycles. The first-order valence-corrected chi connectivity index (χ1v) is 8.00. The van der Waals surface area contributed by atoms with Crippen molar-refractivity contribution in [3.63, 3.8) is 0 Å². The first-order valence-electron chi connectivity index (χ1n) is 8.00. The number of carbonyl (C=O) groups excluding carboxylic acids is 1. The van der Waals surface area contributed by atoms with Crippen LogP contribution >= 0.6 is 0 Å². The van der Waals surface area contributed by atoms with Gasteiger partial charge in [-0.1, -0.05) is 18.7 Å². The monoisotopic (exact) mass is 372 g/mol. The number of hydrogen-bond acceptors (Lipinski definition) is 3. The topological polar surface area (TPSA) is 51.2 Å². The van der Waals surface area contributed by atoms with Gasteiger partial charge in [-0.15, -0.1) is 0 Å². The summed E-state index contributed by atoms with van der Waals surface area (Å²) in [6, 6.07) is 11.5. The number of carbonyl (C=O) groups is 1. The van der Waals surface area contributed by atoms with E-state index in [0.717, 1.165) is 23.1 Å². The Kier molecular flexibility index (Phi) is 5.12. The second kappa shape index (κ2) is 7.49. The van der Waals surface area contributed by atoms with Crippen molar-refractivity contribution in [2.75, 3.05) is 0 Å². The number of hydrogen-bond donors (Lipinski definition) is 1. The normalized spacial score (nSPS) is 11.2. The van der Waals surface area contributed by atoms with E-state index in [4.69, 9.17) is 4.74 Å². The summed E-state index contributed by atoms with van der Waals surface area (Å²) in [4.78, 5) is 15.7. The van der Waals surface area contributed by atoms with Crippen LogP contribution in [0.3, 0.4) is 0 Å². The predicted octanol–water partition coefficient (Wildman–Crippen LogP) is 4.85. The van der Waals surface area contributed by atoms with Crippen molar-refractivity contribution < 1.29 is 22.7 Å². The summed E-state index contributed by atoms with van der Waals surface area (Å²) < 4.78 is 43.7. The number of ether oxygens (including phenoxy) is 1. The number of aromatic nitrogens is 1. The quantitative estimate of drug-likeness (QED) is 0.652. The summed E-state index contributed by atoms with van der Waals surface area (Å²) in [5.74, 6) is 0.379. The molecule has 0 unspecified atom stereocenters. The van der Waals surface area contributed by atoms with Gasteiger partial charge in [-0.3, -0.25) is 9.78 Å². The van der Waals surface area contributed by atoms with Gasteiger partial charge < -0.3 is 10.1 Å². The van der Waals surface area contributed by atoms with Crippen molar-refractivity contribution in [1.82, 2.24) is 10.3 Å².